The second kappa shape index (κ2) is 5.01. The van der Waals surface area contributed by atoms with E-state index in [1.54, 1.807) is 6.07 Å². The van der Waals surface area contributed by atoms with Crippen LogP contribution in [0.5, 0.6) is 5.75 Å². The first kappa shape index (κ1) is 11.8. The van der Waals surface area contributed by atoms with Crippen LogP contribution in [0.3, 0.4) is 0 Å². The molecule has 0 aliphatic heterocycles. The van der Waals surface area contributed by atoms with Crippen LogP contribution >= 0.6 is 0 Å². The molecule has 0 radical (unpaired) electrons. The number of hydrogen-bond acceptors (Lipinski definition) is 5. The van der Waals surface area contributed by atoms with E-state index in [9.17, 15) is 9.59 Å². The number of esters is 1. The molecule has 0 spiro atoms. The molecule has 1 aromatic rings. The van der Waals surface area contributed by atoms with Gasteiger partial charge in [0.1, 0.15) is 5.75 Å². The van der Waals surface area contributed by atoms with Crippen molar-refractivity contribution in [3.8, 4) is 5.75 Å². The molecule has 0 aliphatic carbocycles. The molecule has 0 bridgehead atoms. The third-order valence-corrected chi connectivity index (χ3v) is 1.83. The molecule has 4 N–H and O–H groups in total. The van der Waals surface area contributed by atoms with Gasteiger partial charge in [0.15, 0.2) is 6.61 Å². The monoisotopic (exact) mass is 224 g/mol. The smallest absolute Gasteiger partial charge is 0.340 e. The molecule has 0 aliphatic rings. The number of ether oxygens (including phenoxy) is 2. The molecule has 1 amide bonds. The molecular weight excluding hydrogens is 212 g/mol. The van der Waals surface area contributed by atoms with Crippen LogP contribution in [-0.2, 0) is 9.53 Å². The highest BCUT2D eigenvalue weighted by atomic mass is 16.5. The van der Waals surface area contributed by atoms with Crippen molar-refractivity contribution in [1.82, 2.24) is 0 Å². The molecule has 0 fully saturated rings. The predicted octanol–water partition coefficient (Wildman–Crippen LogP) is -0.0805. The average Bonchev–Trinajstić information content (AvgIpc) is 2.26. The molecule has 6 nitrogen and oxygen atoms in total. The molecule has 16 heavy (non-hydrogen) atoms. The normalized spacial score (nSPS) is 9.56. The maximum atomic E-state index is 11.5. The minimum absolute atomic E-state index is 0.139. The lowest BCUT2D eigenvalue weighted by Gasteiger charge is -2.07. The number of anilines is 1. The van der Waals surface area contributed by atoms with Crippen LogP contribution in [-0.4, -0.2) is 25.6 Å². The third kappa shape index (κ3) is 2.88. The van der Waals surface area contributed by atoms with Crippen LogP contribution in [0, 0.1) is 0 Å². The van der Waals surface area contributed by atoms with E-state index >= 15 is 0 Å². The van der Waals surface area contributed by atoms with Crippen molar-refractivity contribution in [2.75, 3.05) is 19.5 Å². The first-order chi connectivity index (χ1) is 7.54. The number of hydrogen-bond donors (Lipinski definition) is 2. The fourth-order valence-electron chi connectivity index (χ4n) is 1.05. The number of amides is 1. The summed E-state index contributed by atoms with van der Waals surface area (Å²) < 4.78 is 9.55. The van der Waals surface area contributed by atoms with E-state index in [0.29, 0.717) is 5.75 Å². The SMILES string of the molecule is COc1ccc(N)c(C(=O)OCC(N)=O)c1. The summed E-state index contributed by atoms with van der Waals surface area (Å²) in [5.41, 5.74) is 10.8. The van der Waals surface area contributed by atoms with Crippen LogP contribution < -0.4 is 16.2 Å². The topological polar surface area (TPSA) is 105 Å². The van der Waals surface area contributed by atoms with E-state index in [-0.39, 0.29) is 11.3 Å². The number of rotatable bonds is 4. The van der Waals surface area contributed by atoms with Crippen LogP contribution in [0.25, 0.3) is 0 Å². The van der Waals surface area contributed by atoms with Gasteiger partial charge in [-0.05, 0) is 18.2 Å². The molecule has 0 saturated carbocycles. The van der Waals surface area contributed by atoms with Crippen LogP contribution in [0.15, 0.2) is 18.2 Å². The lowest BCUT2D eigenvalue weighted by molar-refractivity contribution is -0.121. The Morgan fingerprint density at radius 3 is 2.62 bits per heavy atom. The molecule has 0 saturated heterocycles. The number of primary amides is 1. The number of carbonyl (C=O) groups excluding carboxylic acids is 2. The standard InChI is InChI=1S/C10H12N2O4/c1-15-6-2-3-8(11)7(4-6)10(14)16-5-9(12)13/h2-4H,5,11H2,1H3,(H2,12,13). The predicted molar refractivity (Wildman–Crippen MR) is 56.9 cm³/mol. The summed E-state index contributed by atoms with van der Waals surface area (Å²) in [5, 5.41) is 0. The zero-order valence-electron chi connectivity index (χ0n) is 8.73. The minimum Gasteiger partial charge on any atom is -0.497 e. The van der Waals surface area contributed by atoms with Gasteiger partial charge in [-0.3, -0.25) is 4.79 Å². The number of methoxy groups -OCH3 is 1. The van der Waals surface area contributed by atoms with Gasteiger partial charge in [-0.1, -0.05) is 0 Å². The summed E-state index contributed by atoms with van der Waals surface area (Å²) in [5.74, 6) is -0.967. The number of benzene rings is 1. The first-order valence-electron chi connectivity index (χ1n) is 4.43. The van der Waals surface area contributed by atoms with Gasteiger partial charge >= 0.3 is 5.97 Å². The van der Waals surface area contributed by atoms with Gasteiger partial charge in [0.2, 0.25) is 0 Å². The number of nitrogens with two attached hydrogens (primary N) is 2. The molecule has 1 aromatic carbocycles. The van der Waals surface area contributed by atoms with Crippen LogP contribution in [0.2, 0.25) is 0 Å². The molecule has 6 heteroatoms. The average molecular weight is 224 g/mol. The van der Waals surface area contributed by atoms with Crippen molar-refractivity contribution in [3.63, 3.8) is 0 Å². The Morgan fingerprint density at radius 2 is 2.06 bits per heavy atom. The van der Waals surface area contributed by atoms with Crippen molar-refractivity contribution >= 4 is 17.6 Å². The summed E-state index contributed by atoms with van der Waals surface area (Å²) in [7, 11) is 1.46. The molecular formula is C10H12N2O4. The molecule has 0 atom stereocenters. The summed E-state index contributed by atoms with van der Waals surface area (Å²) in [4.78, 5) is 21.9. The van der Waals surface area contributed by atoms with Gasteiger partial charge in [-0.25, -0.2) is 4.79 Å². The largest absolute Gasteiger partial charge is 0.497 e. The van der Waals surface area contributed by atoms with Gasteiger partial charge in [0.05, 0.1) is 12.7 Å². The van der Waals surface area contributed by atoms with E-state index < -0.39 is 18.5 Å². The first-order valence-corrected chi connectivity index (χ1v) is 4.43. The van der Waals surface area contributed by atoms with Gasteiger partial charge in [-0.2, -0.15) is 0 Å². The van der Waals surface area contributed by atoms with E-state index in [1.807, 2.05) is 0 Å². The molecule has 0 unspecified atom stereocenters. The highest BCUT2D eigenvalue weighted by Crippen LogP contribution is 2.20. The Labute approximate surface area is 92.1 Å². The quantitative estimate of drug-likeness (QED) is 0.549. The Hall–Kier alpha value is -2.24. The highest BCUT2D eigenvalue weighted by Gasteiger charge is 2.13. The van der Waals surface area contributed by atoms with Crippen molar-refractivity contribution < 1.29 is 19.1 Å². The van der Waals surface area contributed by atoms with Crippen molar-refractivity contribution in [3.05, 3.63) is 23.8 Å². The van der Waals surface area contributed by atoms with E-state index in [1.165, 1.54) is 19.2 Å². The Balaban J connectivity index is 2.85. The Morgan fingerprint density at radius 1 is 1.38 bits per heavy atom. The van der Waals surface area contributed by atoms with Crippen molar-refractivity contribution in [1.29, 1.82) is 0 Å². The number of carbonyl (C=O) groups is 2. The zero-order chi connectivity index (χ0) is 12.1. The maximum absolute atomic E-state index is 11.5. The van der Waals surface area contributed by atoms with E-state index in [0.717, 1.165) is 0 Å². The van der Waals surface area contributed by atoms with Gasteiger partial charge < -0.3 is 20.9 Å². The van der Waals surface area contributed by atoms with E-state index in [2.05, 4.69) is 4.74 Å². The van der Waals surface area contributed by atoms with Crippen LogP contribution in [0.4, 0.5) is 5.69 Å². The second-order valence-corrected chi connectivity index (χ2v) is 3.00. The van der Waals surface area contributed by atoms with Crippen LogP contribution in [0.1, 0.15) is 10.4 Å². The Bertz CT molecular complexity index is 417. The fraction of sp³-hybridized carbons (Fsp3) is 0.200. The molecule has 86 valence electrons. The molecule has 0 heterocycles. The van der Waals surface area contributed by atoms with Crippen molar-refractivity contribution in [2.45, 2.75) is 0 Å². The molecule has 1 rings (SSSR count). The lowest BCUT2D eigenvalue weighted by Crippen LogP contribution is -2.21. The molecule has 0 aromatic heterocycles. The summed E-state index contributed by atoms with van der Waals surface area (Å²) in [6.07, 6.45) is 0. The second-order valence-electron chi connectivity index (χ2n) is 3.00. The zero-order valence-corrected chi connectivity index (χ0v) is 8.73. The Kier molecular flexibility index (Phi) is 3.71. The number of nitrogen functional groups attached to an aromatic ring is 1. The van der Waals surface area contributed by atoms with Gasteiger partial charge in [0.25, 0.3) is 5.91 Å². The fourth-order valence-corrected chi connectivity index (χ4v) is 1.05. The summed E-state index contributed by atoms with van der Waals surface area (Å²) in [6.45, 7) is -0.477. The summed E-state index contributed by atoms with van der Waals surface area (Å²) >= 11 is 0. The highest BCUT2D eigenvalue weighted by molar-refractivity contribution is 5.96. The maximum Gasteiger partial charge on any atom is 0.340 e. The minimum atomic E-state index is -0.727. The lowest BCUT2D eigenvalue weighted by atomic mass is 10.2. The van der Waals surface area contributed by atoms with Gasteiger partial charge in [0, 0.05) is 5.69 Å². The van der Waals surface area contributed by atoms with Gasteiger partial charge in [-0.15, -0.1) is 0 Å². The third-order valence-electron chi connectivity index (χ3n) is 1.83. The van der Waals surface area contributed by atoms with Crippen molar-refractivity contribution in [2.24, 2.45) is 5.73 Å². The summed E-state index contributed by atoms with van der Waals surface area (Å²) in [6, 6.07) is 4.55. The van der Waals surface area contributed by atoms with E-state index in [4.69, 9.17) is 16.2 Å².